The van der Waals surface area contributed by atoms with Gasteiger partial charge < -0.3 is 19.6 Å². The van der Waals surface area contributed by atoms with Crippen LogP contribution in [0.2, 0.25) is 0 Å². The van der Waals surface area contributed by atoms with E-state index in [9.17, 15) is 19.7 Å². The number of benzene rings is 2. The summed E-state index contributed by atoms with van der Waals surface area (Å²) in [7, 11) is 0. The van der Waals surface area contributed by atoms with Crippen molar-refractivity contribution < 1.29 is 29.0 Å². The quantitative estimate of drug-likeness (QED) is 0.271. The van der Waals surface area contributed by atoms with E-state index in [2.05, 4.69) is 17.1 Å². The summed E-state index contributed by atoms with van der Waals surface area (Å²) in [5.74, 6) is -0.378. The van der Waals surface area contributed by atoms with E-state index in [0.29, 0.717) is 22.6 Å². The molecule has 3 rings (SSSR count). The molecule has 0 fully saturated rings. The Morgan fingerprint density at radius 1 is 1.23 bits per heavy atom. The number of carbonyl (C=O) groups is 2. The average Bonchev–Trinajstić information content (AvgIpc) is 3.05. The number of hydrogen-bond donors (Lipinski definition) is 1. The van der Waals surface area contributed by atoms with Crippen molar-refractivity contribution in [2.45, 2.75) is 32.3 Å². The molecule has 9 heteroatoms. The van der Waals surface area contributed by atoms with E-state index >= 15 is 0 Å². The summed E-state index contributed by atoms with van der Waals surface area (Å²) in [6.07, 6.45) is 2.53. The van der Waals surface area contributed by atoms with E-state index in [0.717, 1.165) is 24.8 Å². The minimum Gasteiger partial charge on any atom is -0.492 e. The predicted octanol–water partition coefficient (Wildman–Crippen LogP) is 3.93. The van der Waals surface area contributed by atoms with Crippen LogP contribution in [0.1, 0.15) is 58.6 Å². The maximum atomic E-state index is 12.6. The molecule has 9 nitrogen and oxygen atoms in total. The van der Waals surface area contributed by atoms with Crippen molar-refractivity contribution in [3.05, 3.63) is 69.3 Å². The number of cyclic esters (lactones) is 1. The van der Waals surface area contributed by atoms with E-state index in [4.69, 9.17) is 9.47 Å². The summed E-state index contributed by atoms with van der Waals surface area (Å²) >= 11 is 0. The molecule has 1 aliphatic heterocycles. The highest BCUT2D eigenvalue weighted by molar-refractivity contribution is 6.05. The van der Waals surface area contributed by atoms with Crippen molar-refractivity contribution in [1.29, 1.82) is 0 Å². The topological polar surface area (TPSA) is 117 Å². The number of esters is 1. The van der Waals surface area contributed by atoms with Gasteiger partial charge in [-0.05, 0) is 43.2 Å². The van der Waals surface area contributed by atoms with Gasteiger partial charge in [-0.25, -0.2) is 4.79 Å². The first-order valence-electron chi connectivity index (χ1n) is 9.64. The number of fused-ring (bicyclic) bond motifs is 1. The Morgan fingerprint density at radius 2 is 2.07 bits per heavy atom. The van der Waals surface area contributed by atoms with Crippen LogP contribution in [0.4, 0.5) is 5.69 Å². The van der Waals surface area contributed by atoms with Gasteiger partial charge in [0, 0.05) is 16.8 Å². The smallest absolute Gasteiger partial charge is 0.339 e. The second-order valence-corrected chi connectivity index (χ2v) is 6.73. The maximum absolute atomic E-state index is 12.6. The van der Waals surface area contributed by atoms with Gasteiger partial charge in [0.2, 0.25) is 0 Å². The Hall–Kier alpha value is -3.62. The summed E-state index contributed by atoms with van der Waals surface area (Å²) < 4.78 is 10.8. The van der Waals surface area contributed by atoms with Crippen molar-refractivity contribution in [2.24, 2.45) is 0 Å². The first-order chi connectivity index (χ1) is 14.5. The Balaban J connectivity index is 1.64. The molecule has 2 aromatic rings. The van der Waals surface area contributed by atoms with Gasteiger partial charge in [-0.2, -0.15) is 0 Å². The van der Waals surface area contributed by atoms with Crippen LogP contribution in [0.15, 0.2) is 42.5 Å². The number of nitrogens with one attached hydrogen (secondary N) is 1. The van der Waals surface area contributed by atoms with Crippen LogP contribution in [0.25, 0.3) is 0 Å². The summed E-state index contributed by atoms with van der Waals surface area (Å²) in [6.45, 7) is 1.84. The number of anilines is 1. The van der Waals surface area contributed by atoms with Gasteiger partial charge in [-0.3, -0.25) is 4.79 Å². The zero-order valence-corrected chi connectivity index (χ0v) is 16.5. The Labute approximate surface area is 173 Å². The van der Waals surface area contributed by atoms with Gasteiger partial charge >= 0.3 is 5.97 Å². The van der Waals surface area contributed by atoms with Gasteiger partial charge in [0.15, 0.2) is 0 Å². The van der Waals surface area contributed by atoms with Crippen molar-refractivity contribution in [2.75, 3.05) is 18.5 Å². The third-order valence-electron chi connectivity index (χ3n) is 4.59. The molecule has 0 saturated carbocycles. The number of carbonyl (C=O) groups excluding carboxylic acids is 2. The SMILES string of the molecule is CCCCC1OC(=O)c2cc(NC(=O)c3cccc(OCCO[N+](=O)[O-])c3)ccc21. The van der Waals surface area contributed by atoms with Crippen LogP contribution in [0.3, 0.4) is 0 Å². The molecular formula is C21H22N2O7. The molecule has 0 spiro atoms. The van der Waals surface area contributed by atoms with Gasteiger partial charge in [-0.1, -0.05) is 25.5 Å². The summed E-state index contributed by atoms with van der Waals surface area (Å²) in [6, 6.07) is 11.6. The molecule has 0 aliphatic carbocycles. The second kappa shape index (κ2) is 9.73. The predicted molar refractivity (Wildman–Crippen MR) is 107 cm³/mol. The van der Waals surface area contributed by atoms with Crippen LogP contribution in [-0.2, 0) is 9.57 Å². The first-order valence-corrected chi connectivity index (χ1v) is 9.64. The minimum atomic E-state index is -0.897. The number of rotatable bonds is 10. The lowest BCUT2D eigenvalue weighted by Crippen LogP contribution is -2.13. The molecule has 30 heavy (non-hydrogen) atoms. The normalized spacial score (nSPS) is 14.6. The Bertz CT molecular complexity index is 945. The third-order valence-corrected chi connectivity index (χ3v) is 4.59. The fourth-order valence-electron chi connectivity index (χ4n) is 3.15. The van der Waals surface area contributed by atoms with Crippen LogP contribution in [-0.4, -0.2) is 30.2 Å². The maximum Gasteiger partial charge on any atom is 0.339 e. The average molecular weight is 414 g/mol. The number of amides is 1. The molecule has 0 radical (unpaired) electrons. The molecule has 1 N–H and O–H groups in total. The number of unbranched alkanes of at least 4 members (excludes halogenated alkanes) is 1. The lowest BCUT2D eigenvalue weighted by Gasteiger charge is -2.11. The largest absolute Gasteiger partial charge is 0.492 e. The molecule has 158 valence electrons. The van der Waals surface area contributed by atoms with Crippen molar-refractivity contribution in [3.63, 3.8) is 0 Å². The van der Waals surface area contributed by atoms with Gasteiger partial charge in [0.05, 0.1) is 5.56 Å². The molecule has 1 heterocycles. The molecule has 2 aromatic carbocycles. The van der Waals surface area contributed by atoms with E-state index in [1.807, 2.05) is 6.07 Å². The number of ether oxygens (including phenoxy) is 2. The van der Waals surface area contributed by atoms with Crippen molar-refractivity contribution in [3.8, 4) is 5.75 Å². The monoisotopic (exact) mass is 414 g/mol. The van der Waals surface area contributed by atoms with E-state index < -0.39 is 5.09 Å². The molecule has 1 amide bonds. The highest BCUT2D eigenvalue weighted by Gasteiger charge is 2.30. The number of nitrogens with zero attached hydrogens (tertiary/aromatic N) is 1. The lowest BCUT2D eigenvalue weighted by atomic mass is 10.0. The van der Waals surface area contributed by atoms with Gasteiger partial charge in [-0.15, -0.1) is 10.1 Å². The summed E-state index contributed by atoms with van der Waals surface area (Å²) in [5, 5.41) is 12.0. The molecule has 0 bridgehead atoms. The fraction of sp³-hybridized carbons (Fsp3) is 0.333. The van der Waals surface area contributed by atoms with Gasteiger partial charge in [0.1, 0.15) is 25.1 Å². The fourth-order valence-corrected chi connectivity index (χ4v) is 3.15. The van der Waals surface area contributed by atoms with E-state index in [1.165, 1.54) is 6.07 Å². The Morgan fingerprint density at radius 3 is 2.83 bits per heavy atom. The van der Waals surface area contributed by atoms with Gasteiger partial charge in [0.25, 0.3) is 11.0 Å². The van der Waals surface area contributed by atoms with Crippen LogP contribution in [0, 0.1) is 10.1 Å². The molecular weight excluding hydrogens is 392 g/mol. The van der Waals surface area contributed by atoms with Crippen LogP contribution >= 0.6 is 0 Å². The minimum absolute atomic E-state index is 0.0296. The summed E-state index contributed by atoms with van der Waals surface area (Å²) in [4.78, 5) is 39.0. The van der Waals surface area contributed by atoms with E-state index in [-0.39, 0.29) is 31.2 Å². The van der Waals surface area contributed by atoms with E-state index in [1.54, 1.807) is 30.3 Å². The third kappa shape index (κ3) is 5.25. The molecule has 0 aromatic heterocycles. The first kappa shape index (κ1) is 21.1. The molecule has 0 saturated heterocycles. The highest BCUT2D eigenvalue weighted by atomic mass is 17.0. The van der Waals surface area contributed by atoms with Crippen LogP contribution in [0.5, 0.6) is 5.75 Å². The Kier molecular flexibility index (Phi) is 6.84. The second-order valence-electron chi connectivity index (χ2n) is 6.73. The van der Waals surface area contributed by atoms with Crippen LogP contribution < -0.4 is 10.1 Å². The van der Waals surface area contributed by atoms with Crippen molar-refractivity contribution in [1.82, 2.24) is 0 Å². The summed E-state index contributed by atoms with van der Waals surface area (Å²) in [5.41, 5.74) is 2.14. The molecule has 1 atom stereocenters. The standard InChI is InChI=1S/C21H22N2O7/c1-2-3-7-19-17-9-8-15(13-18(17)21(25)30-19)22-20(24)14-5-4-6-16(12-14)28-10-11-29-23(26)27/h4-6,8-9,12-13,19H,2-3,7,10-11H2,1H3,(H,22,24). The van der Waals surface area contributed by atoms with Crippen molar-refractivity contribution >= 4 is 17.6 Å². The zero-order chi connectivity index (χ0) is 21.5. The number of hydrogen-bond acceptors (Lipinski definition) is 7. The molecule has 1 aliphatic rings. The molecule has 1 unspecified atom stereocenters. The highest BCUT2D eigenvalue weighted by Crippen LogP contribution is 2.35. The lowest BCUT2D eigenvalue weighted by molar-refractivity contribution is -0.757. The zero-order valence-electron chi connectivity index (χ0n) is 16.5.